The van der Waals surface area contributed by atoms with E-state index >= 15 is 0 Å². The van der Waals surface area contributed by atoms with Crippen LogP contribution in [0.3, 0.4) is 0 Å². The molecule has 7 nitrogen and oxygen atoms in total. The van der Waals surface area contributed by atoms with Gasteiger partial charge >= 0.3 is 5.97 Å². The average Bonchev–Trinajstić information content (AvgIpc) is 2.79. The predicted molar refractivity (Wildman–Crippen MR) is 143 cm³/mol. The molecule has 2 aliphatic rings. The molecule has 1 fully saturated rings. The molecular formula is C29H48IN3O4. The molecule has 0 saturated heterocycles. The number of carbonyl (C=O) groups excluding carboxylic acids is 2. The number of aryl methyl sites for hydroxylation is 1. The monoisotopic (exact) mass is 629 g/mol. The summed E-state index contributed by atoms with van der Waals surface area (Å²) >= 11 is 0. The van der Waals surface area contributed by atoms with Crippen molar-refractivity contribution < 1.29 is 42.8 Å². The molecule has 0 atom stereocenters. The quantitative estimate of drug-likeness (QED) is 0.193. The molecule has 0 aromatic carbocycles. The summed E-state index contributed by atoms with van der Waals surface area (Å²) in [5.74, 6) is -0.482. The third-order valence-electron chi connectivity index (χ3n) is 7.65. The molecule has 0 radical (unpaired) electrons. The summed E-state index contributed by atoms with van der Waals surface area (Å²) in [6, 6.07) is 1.80. The number of rotatable bonds is 9. The summed E-state index contributed by atoms with van der Waals surface area (Å²) in [6.45, 7) is 5.17. The predicted octanol–water partition coefficient (Wildman–Crippen LogP) is 1.24. The van der Waals surface area contributed by atoms with Crippen molar-refractivity contribution in [1.82, 2.24) is 9.88 Å². The summed E-state index contributed by atoms with van der Waals surface area (Å²) in [5.41, 5.74) is 0.952. The van der Waals surface area contributed by atoms with Crippen LogP contribution >= 0.6 is 0 Å². The van der Waals surface area contributed by atoms with E-state index in [0.717, 1.165) is 67.2 Å². The van der Waals surface area contributed by atoms with E-state index in [9.17, 15) is 14.4 Å². The summed E-state index contributed by atoms with van der Waals surface area (Å²) in [5, 5.41) is 2.81. The van der Waals surface area contributed by atoms with Crippen LogP contribution in [0.15, 0.2) is 10.9 Å². The molecular weight excluding hydrogens is 581 g/mol. The summed E-state index contributed by atoms with van der Waals surface area (Å²) in [6.07, 6.45) is 13.0. The third-order valence-corrected chi connectivity index (χ3v) is 7.65. The van der Waals surface area contributed by atoms with Gasteiger partial charge in [0.05, 0.1) is 34.3 Å². The summed E-state index contributed by atoms with van der Waals surface area (Å²) < 4.78 is 8.18. The number of quaternary nitrogens is 1. The van der Waals surface area contributed by atoms with Gasteiger partial charge in [-0.3, -0.25) is 9.59 Å². The van der Waals surface area contributed by atoms with Crippen LogP contribution in [0.4, 0.5) is 0 Å². The van der Waals surface area contributed by atoms with E-state index in [1.54, 1.807) is 19.9 Å². The van der Waals surface area contributed by atoms with E-state index in [2.05, 4.69) is 26.5 Å². The van der Waals surface area contributed by atoms with E-state index in [4.69, 9.17) is 4.74 Å². The van der Waals surface area contributed by atoms with Crippen LogP contribution in [-0.4, -0.2) is 60.8 Å². The zero-order valence-electron chi connectivity index (χ0n) is 23.7. The Morgan fingerprint density at radius 3 is 2.30 bits per heavy atom. The van der Waals surface area contributed by atoms with E-state index in [1.165, 1.54) is 32.1 Å². The lowest BCUT2D eigenvalue weighted by molar-refractivity contribution is -0.870. The standard InChI is InChI=1S/C29H47N3O4.HI/c1-29(2,28(35)36-19-13-18-32(3,4)5)30-26(33)24-20-23-16-11-6-7-12-17-25(23)31(27(24)34)21-22-14-9-8-10-15-22;/h20,22H,6-19,21H2,1-5H3;1H. The van der Waals surface area contributed by atoms with Crippen LogP contribution in [0, 0.1) is 5.92 Å². The van der Waals surface area contributed by atoms with Crippen molar-refractivity contribution in [3.05, 3.63) is 33.2 Å². The first kappa shape index (κ1) is 31.8. The van der Waals surface area contributed by atoms with Crippen LogP contribution in [0.2, 0.25) is 0 Å². The number of nitrogens with one attached hydrogen (secondary N) is 1. The van der Waals surface area contributed by atoms with Crippen molar-refractivity contribution in [3.63, 3.8) is 0 Å². The lowest BCUT2D eigenvalue weighted by atomic mass is 9.88. The van der Waals surface area contributed by atoms with Gasteiger partial charge in [-0.2, -0.15) is 0 Å². The number of fused-ring (bicyclic) bond motifs is 1. The molecule has 8 heteroatoms. The number of ether oxygens (including phenoxy) is 1. The fourth-order valence-corrected chi connectivity index (χ4v) is 5.50. The van der Waals surface area contributed by atoms with Crippen LogP contribution in [0.5, 0.6) is 0 Å². The fraction of sp³-hybridized carbons (Fsp3) is 0.759. The molecule has 0 unspecified atom stereocenters. The van der Waals surface area contributed by atoms with Crippen molar-refractivity contribution in [2.24, 2.45) is 5.92 Å². The van der Waals surface area contributed by atoms with E-state index in [-0.39, 0.29) is 35.1 Å². The van der Waals surface area contributed by atoms with Crippen molar-refractivity contribution in [2.45, 2.75) is 103 Å². The molecule has 0 aliphatic heterocycles. The van der Waals surface area contributed by atoms with Crippen molar-refractivity contribution in [2.75, 3.05) is 34.3 Å². The Hall–Kier alpha value is -1.42. The fourth-order valence-electron chi connectivity index (χ4n) is 5.50. The van der Waals surface area contributed by atoms with Gasteiger partial charge in [-0.1, -0.05) is 32.1 Å². The van der Waals surface area contributed by atoms with Crippen LogP contribution in [0.25, 0.3) is 0 Å². The maximum atomic E-state index is 13.7. The minimum absolute atomic E-state index is 0. The molecule has 1 saturated carbocycles. The van der Waals surface area contributed by atoms with Crippen molar-refractivity contribution in [3.8, 4) is 0 Å². The van der Waals surface area contributed by atoms with Gasteiger partial charge in [-0.25, -0.2) is 4.79 Å². The summed E-state index contributed by atoms with van der Waals surface area (Å²) in [7, 11) is 6.28. The van der Waals surface area contributed by atoms with Crippen molar-refractivity contribution >= 4 is 11.9 Å². The highest BCUT2D eigenvalue weighted by Gasteiger charge is 2.33. The van der Waals surface area contributed by atoms with E-state index in [1.807, 2.05) is 4.57 Å². The second-order valence-corrected chi connectivity index (χ2v) is 12.4. The molecule has 0 spiro atoms. The number of amides is 1. The van der Waals surface area contributed by atoms with Crippen LogP contribution < -0.4 is 34.9 Å². The first-order chi connectivity index (χ1) is 17.0. The number of halogens is 1. The highest BCUT2D eigenvalue weighted by atomic mass is 127. The lowest BCUT2D eigenvalue weighted by Crippen LogP contribution is -3.00. The Kier molecular flexibility index (Phi) is 12.1. The van der Waals surface area contributed by atoms with Crippen LogP contribution in [-0.2, 0) is 28.9 Å². The zero-order chi connectivity index (χ0) is 26.3. The lowest BCUT2D eigenvalue weighted by Gasteiger charge is -2.28. The number of esters is 1. The van der Waals surface area contributed by atoms with Gasteiger partial charge in [0.2, 0.25) is 0 Å². The molecule has 1 amide bonds. The van der Waals surface area contributed by atoms with Gasteiger partial charge in [0.15, 0.2) is 0 Å². The largest absolute Gasteiger partial charge is 1.00 e. The molecule has 1 N–H and O–H groups in total. The van der Waals surface area contributed by atoms with Gasteiger partial charge in [-0.05, 0) is 69.9 Å². The normalized spacial score (nSPS) is 17.1. The number of hydrogen-bond acceptors (Lipinski definition) is 4. The van der Waals surface area contributed by atoms with Crippen molar-refractivity contribution in [1.29, 1.82) is 0 Å². The number of aromatic nitrogens is 1. The van der Waals surface area contributed by atoms with E-state index in [0.29, 0.717) is 19.1 Å². The number of pyridine rings is 1. The average molecular weight is 630 g/mol. The first-order valence-electron chi connectivity index (χ1n) is 14.0. The van der Waals surface area contributed by atoms with Crippen LogP contribution in [0.1, 0.15) is 99.7 Å². The molecule has 1 heterocycles. The Labute approximate surface area is 240 Å². The van der Waals surface area contributed by atoms with Gasteiger partial charge < -0.3 is 43.1 Å². The molecule has 37 heavy (non-hydrogen) atoms. The Morgan fingerprint density at radius 1 is 1.03 bits per heavy atom. The van der Waals surface area contributed by atoms with Gasteiger partial charge in [0.25, 0.3) is 11.5 Å². The minimum atomic E-state index is -1.22. The molecule has 0 bridgehead atoms. The topological polar surface area (TPSA) is 77.4 Å². The number of hydrogen-bond donors (Lipinski definition) is 1. The Bertz CT molecular complexity index is 975. The SMILES string of the molecule is CC(C)(NC(=O)c1cc2c(n(CC3CCCCC3)c1=O)CCCCCC2)C(=O)OCCC[N+](C)(C)C.[I-]. The number of nitrogens with zero attached hydrogens (tertiary/aromatic N) is 2. The Balaban J connectivity index is 0.00000481. The number of carbonyl (C=O) groups is 2. The zero-order valence-corrected chi connectivity index (χ0v) is 25.8. The second-order valence-electron chi connectivity index (χ2n) is 12.4. The highest BCUT2D eigenvalue weighted by Crippen LogP contribution is 2.27. The maximum Gasteiger partial charge on any atom is 0.331 e. The molecule has 3 rings (SSSR count). The Morgan fingerprint density at radius 2 is 1.65 bits per heavy atom. The summed E-state index contributed by atoms with van der Waals surface area (Å²) in [4.78, 5) is 39.9. The third kappa shape index (κ3) is 9.37. The van der Waals surface area contributed by atoms with E-state index < -0.39 is 17.4 Å². The maximum absolute atomic E-state index is 13.7. The van der Waals surface area contributed by atoms with Gasteiger partial charge in [0, 0.05) is 18.7 Å². The van der Waals surface area contributed by atoms with Gasteiger partial charge in [-0.15, -0.1) is 0 Å². The highest BCUT2D eigenvalue weighted by molar-refractivity contribution is 5.97. The molecule has 1 aromatic heterocycles. The first-order valence-corrected chi connectivity index (χ1v) is 14.0. The molecule has 210 valence electrons. The molecule has 2 aliphatic carbocycles. The second kappa shape index (κ2) is 14.1. The smallest absolute Gasteiger partial charge is 0.331 e. The molecule has 1 aromatic rings. The van der Waals surface area contributed by atoms with Gasteiger partial charge in [0.1, 0.15) is 11.1 Å². The minimum Gasteiger partial charge on any atom is -1.00 e.